The van der Waals surface area contributed by atoms with E-state index in [9.17, 15) is 9.59 Å². The van der Waals surface area contributed by atoms with Gasteiger partial charge in [0.15, 0.2) is 0 Å². The molecule has 1 N–H and O–H groups in total. The van der Waals surface area contributed by atoms with Crippen LogP contribution in [0.1, 0.15) is 45.0 Å². The minimum atomic E-state index is -0.580. The van der Waals surface area contributed by atoms with Crippen molar-refractivity contribution in [1.29, 1.82) is 0 Å². The summed E-state index contributed by atoms with van der Waals surface area (Å²) in [6.07, 6.45) is 1.73. The third-order valence-electron chi connectivity index (χ3n) is 5.81. The first-order valence-electron chi connectivity index (χ1n) is 9.06. The van der Waals surface area contributed by atoms with Crippen LogP contribution >= 0.6 is 0 Å². The maximum absolute atomic E-state index is 12.9. The van der Waals surface area contributed by atoms with Gasteiger partial charge < -0.3 is 19.5 Å². The van der Waals surface area contributed by atoms with E-state index in [1.165, 1.54) is 0 Å². The topological polar surface area (TPSA) is 84.7 Å². The van der Waals surface area contributed by atoms with Crippen LogP contribution in [0.25, 0.3) is 0 Å². The molecule has 4 rings (SSSR count). The molecule has 0 atom stereocenters. The quantitative estimate of drug-likeness (QED) is 0.872. The van der Waals surface area contributed by atoms with E-state index in [0.29, 0.717) is 35.7 Å². The fourth-order valence-electron chi connectivity index (χ4n) is 4.05. The van der Waals surface area contributed by atoms with Crippen molar-refractivity contribution in [2.45, 2.75) is 37.8 Å². The van der Waals surface area contributed by atoms with Crippen LogP contribution in [0.4, 0.5) is 0 Å². The van der Waals surface area contributed by atoms with E-state index in [0.717, 1.165) is 12.8 Å². The van der Waals surface area contributed by atoms with Crippen molar-refractivity contribution in [3.63, 3.8) is 0 Å². The highest BCUT2D eigenvalue weighted by molar-refractivity contribution is 5.98. The minimum absolute atomic E-state index is 0.122. The van der Waals surface area contributed by atoms with Crippen LogP contribution in [-0.2, 0) is 4.74 Å². The van der Waals surface area contributed by atoms with Crippen LogP contribution < -0.4 is 5.32 Å². The molecule has 142 valence electrons. The number of ether oxygens (including phenoxy) is 1. The predicted octanol–water partition coefficient (Wildman–Crippen LogP) is 2.10. The summed E-state index contributed by atoms with van der Waals surface area (Å²) in [5, 5.41) is 7.03. The number of amides is 2. The van der Waals surface area contributed by atoms with E-state index in [4.69, 9.17) is 9.26 Å². The number of likely N-dealkylation sites (tertiary alicyclic amines) is 1. The monoisotopic (exact) mass is 369 g/mol. The van der Waals surface area contributed by atoms with Crippen molar-refractivity contribution in [2.24, 2.45) is 0 Å². The molecule has 0 bridgehead atoms. The van der Waals surface area contributed by atoms with E-state index in [1.807, 2.05) is 18.2 Å². The van der Waals surface area contributed by atoms with Gasteiger partial charge in [-0.2, -0.15) is 0 Å². The number of aromatic nitrogens is 1. The predicted molar refractivity (Wildman–Crippen MR) is 97.5 cm³/mol. The SMILES string of the molecule is COC1(C2(NC(=O)c3ccccc3)CN(C(=O)c3c(C)noc3C)C2)CC1. The highest BCUT2D eigenvalue weighted by atomic mass is 16.5. The third-order valence-corrected chi connectivity index (χ3v) is 5.81. The van der Waals surface area contributed by atoms with Crippen molar-refractivity contribution < 1.29 is 18.8 Å². The number of nitrogens with one attached hydrogen (secondary N) is 1. The summed E-state index contributed by atoms with van der Waals surface area (Å²) in [5.41, 5.74) is 0.687. The Hall–Kier alpha value is -2.67. The highest BCUT2D eigenvalue weighted by Crippen LogP contribution is 2.52. The normalized spacial score (nSPS) is 19.3. The average Bonchev–Trinajstić information content (AvgIpc) is 3.37. The Morgan fingerprint density at radius 3 is 2.37 bits per heavy atom. The van der Waals surface area contributed by atoms with Gasteiger partial charge in [0, 0.05) is 25.8 Å². The fourth-order valence-corrected chi connectivity index (χ4v) is 4.05. The lowest BCUT2D eigenvalue weighted by Gasteiger charge is -2.54. The second-order valence-corrected chi connectivity index (χ2v) is 7.46. The second kappa shape index (κ2) is 6.20. The summed E-state index contributed by atoms with van der Waals surface area (Å²) in [6, 6.07) is 9.09. The number of rotatable bonds is 5. The van der Waals surface area contributed by atoms with Gasteiger partial charge in [0.05, 0.1) is 11.3 Å². The molecule has 7 heteroatoms. The van der Waals surface area contributed by atoms with Gasteiger partial charge in [-0.25, -0.2) is 0 Å². The van der Waals surface area contributed by atoms with Crippen LogP contribution in [0, 0.1) is 13.8 Å². The maximum Gasteiger partial charge on any atom is 0.259 e. The molecule has 1 saturated carbocycles. The van der Waals surface area contributed by atoms with Gasteiger partial charge in [0.2, 0.25) is 0 Å². The lowest BCUT2D eigenvalue weighted by atomic mass is 9.80. The molecule has 0 unspecified atom stereocenters. The molecule has 1 aromatic heterocycles. The van der Waals surface area contributed by atoms with Gasteiger partial charge >= 0.3 is 0 Å². The number of hydrogen-bond acceptors (Lipinski definition) is 5. The molecule has 0 spiro atoms. The smallest absolute Gasteiger partial charge is 0.259 e. The molecule has 2 amide bonds. The first-order valence-corrected chi connectivity index (χ1v) is 9.06. The number of benzene rings is 1. The largest absolute Gasteiger partial charge is 0.376 e. The van der Waals surface area contributed by atoms with Crippen molar-refractivity contribution in [2.75, 3.05) is 20.2 Å². The maximum atomic E-state index is 12.9. The summed E-state index contributed by atoms with van der Waals surface area (Å²) in [5.74, 6) is 0.238. The molecule has 1 aromatic carbocycles. The molecule has 27 heavy (non-hydrogen) atoms. The molecule has 2 heterocycles. The summed E-state index contributed by atoms with van der Waals surface area (Å²) >= 11 is 0. The van der Waals surface area contributed by atoms with Gasteiger partial charge in [0.25, 0.3) is 11.8 Å². The zero-order valence-electron chi connectivity index (χ0n) is 15.7. The first-order chi connectivity index (χ1) is 12.9. The summed E-state index contributed by atoms with van der Waals surface area (Å²) < 4.78 is 10.9. The van der Waals surface area contributed by atoms with Crippen molar-refractivity contribution in [1.82, 2.24) is 15.4 Å². The highest BCUT2D eigenvalue weighted by Gasteiger charge is 2.66. The number of carbonyl (C=O) groups excluding carboxylic acids is 2. The molecule has 1 aliphatic heterocycles. The van der Waals surface area contributed by atoms with Crippen LogP contribution in [-0.4, -0.2) is 53.2 Å². The lowest BCUT2D eigenvalue weighted by Crippen LogP contribution is -2.77. The van der Waals surface area contributed by atoms with Crippen LogP contribution in [0.15, 0.2) is 34.9 Å². The van der Waals surface area contributed by atoms with Gasteiger partial charge in [-0.15, -0.1) is 0 Å². The molecule has 7 nitrogen and oxygen atoms in total. The summed E-state index contributed by atoms with van der Waals surface area (Å²) in [7, 11) is 1.67. The third kappa shape index (κ3) is 2.73. The van der Waals surface area contributed by atoms with Gasteiger partial charge in [-0.1, -0.05) is 23.4 Å². The minimum Gasteiger partial charge on any atom is -0.376 e. The molecule has 2 aliphatic rings. The van der Waals surface area contributed by atoms with Gasteiger partial charge in [-0.3, -0.25) is 9.59 Å². The van der Waals surface area contributed by atoms with Crippen molar-refractivity contribution in [3.8, 4) is 0 Å². The van der Waals surface area contributed by atoms with E-state index < -0.39 is 11.1 Å². The number of nitrogens with zero attached hydrogens (tertiary/aromatic N) is 2. The van der Waals surface area contributed by atoms with Gasteiger partial charge in [0.1, 0.15) is 16.9 Å². The van der Waals surface area contributed by atoms with Gasteiger partial charge in [-0.05, 0) is 38.8 Å². The Kier molecular flexibility index (Phi) is 4.07. The van der Waals surface area contributed by atoms with Crippen molar-refractivity contribution in [3.05, 3.63) is 52.9 Å². The molecular weight excluding hydrogens is 346 g/mol. The standard InChI is InChI=1S/C20H23N3O4/c1-13-16(14(2)27-22-13)18(25)23-11-19(12-23,20(26-3)9-10-20)21-17(24)15-7-5-4-6-8-15/h4-8H,9-12H2,1-3H3,(H,21,24). The van der Waals surface area contributed by atoms with Crippen LogP contribution in [0.2, 0.25) is 0 Å². The van der Waals surface area contributed by atoms with E-state index >= 15 is 0 Å². The zero-order valence-corrected chi connectivity index (χ0v) is 15.7. The lowest BCUT2D eigenvalue weighted by molar-refractivity contribution is -0.0709. The second-order valence-electron chi connectivity index (χ2n) is 7.46. The van der Waals surface area contributed by atoms with Crippen LogP contribution in [0.5, 0.6) is 0 Å². The number of carbonyl (C=O) groups is 2. The number of methoxy groups -OCH3 is 1. The van der Waals surface area contributed by atoms with Crippen molar-refractivity contribution >= 4 is 11.8 Å². The number of aryl methyl sites for hydroxylation is 2. The van der Waals surface area contributed by atoms with E-state index in [1.54, 1.807) is 38.0 Å². The number of hydrogen-bond donors (Lipinski definition) is 1. The first kappa shape index (κ1) is 17.7. The van der Waals surface area contributed by atoms with E-state index in [-0.39, 0.29) is 11.8 Å². The van der Waals surface area contributed by atoms with Crippen LogP contribution in [0.3, 0.4) is 0 Å². The summed E-state index contributed by atoms with van der Waals surface area (Å²) in [6.45, 7) is 4.30. The van der Waals surface area contributed by atoms with E-state index in [2.05, 4.69) is 10.5 Å². The Morgan fingerprint density at radius 1 is 1.19 bits per heavy atom. The fraction of sp³-hybridized carbons (Fsp3) is 0.450. The Morgan fingerprint density at radius 2 is 1.85 bits per heavy atom. The average molecular weight is 369 g/mol. The molecule has 1 saturated heterocycles. The molecule has 0 radical (unpaired) electrons. The summed E-state index contributed by atoms with van der Waals surface area (Å²) in [4.78, 5) is 27.4. The molecule has 2 aromatic rings. The Balaban J connectivity index is 1.55. The Bertz CT molecular complexity index is 860. The molecule has 2 fully saturated rings. The zero-order chi connectivity index (χ0) is 19.2. The molecular formula is C20H23N3O4. The Labute approximate surface area is 157 Å². The molecule has 1 aliphatic carbocycles.